The largest absolute Gasteiger partial charge is 0.493 e. The molecule has 1 aliphatic rings. The third-order valence-corrected chi connectivity index (χ3v) is 3.31. The Labute approximate surface area is 113 Å². The number of carbonyl (C=O) groups is 1. The van der Waals surface area contributed by atoms with Crippen molar-refractivity contribution in [3.05, 3.63) is 29.3 Å². The van der Waals surface area contributed by atoms with Gasteiger partial charge in [-0.1, -0.05) is 6.92 Å². The lowest BCUT2D eigenvalue weighted by atomic mass is 10.0. The van der Waals surface area contributed by atoms with Crippen LogP contribution in [0.3, 0.4) is 0 Å². The van der Waals surface area contributed by atoms with Crippen molar-refractivity contribution in [1.82, 2.24) is 5.32 Å². The van der Waals surface area contributed by atoms with Gasteiger partial charge in [0, 0.05) is 18.5 Å². The summed E-state index contributed by atoms with van der Waals surface area (Å²) in [6, 6.07) is 5.55. The molecule has 2 atom stereocenters. The number of benzene rings is 1. The molecule has 0 fully saturated rings. The molecule has 0 saturated heterocycles. The second-order valence-electron chi connectivity index (χ2n) is 5.32. The number of hydrogen-bond acceptors (Lipinski definition) is 3. The number of fused-ring (bicyclic) bond motifs is 1. The van der Waals surface area contributed by atoms with Crippen molar-refractivity contribution in [2.45, 2.75) is 32.8 Å². The predicted octanol–water partition coefficient (Wildman–Crippen LogP) is 1.76. The van der Waals surface area contributed by atoms with E-state index >= 15 is 0 Å². The average Bonchev–Trinajstić information content (AvgIpc) is 2.82. The third kappa shape index (κ3) is 3.70. The quantitative estimate of drug-likeness (QED) is 0.851. The molecular weight excluding hydrogens is 242 g/mol. The van der Waals surface area contributed by atoms with Crippen molar-refractivity contribution < 1.29 is 14.6 Å². The lowest BCUT2D eigenvalue weighted by Gasteiger charge is -2.14. The first-order valence-electron chi connectivity index (χ1n) is 6.78. The van der Waals surface area contributed by atoms with Crippen LogP contribution in [0.2, 0.25) is 0 Å². The van der Waals surface area contributed by atoms with Crippen molar-refractivity contribution in [1.29, 1.82) is 0 Å². The predicted molar refractivity (Wildman–Crippen MR) is 73.4 cm³/mol. The first-order chi connectivity index (χ1) is 9.06. The van der Waals surface area contributed by atoms with Crippen LogP contribution in [0.5, 0.6) is 5.75 Å². The van der Waals surface area contributed by atoms with E-state index in [-0.39, 0.29) is 17.9 Å². The summed E-state index contributed by atoms with van der Waals surface area (Å²) >= 11 is 0. The maximum atomic E-state index is 12.0. The second kappa shape index (κ2) is 6.06. The minimum Gasteiger partial charge on any atom is -0.493 e. The van der Waals surface area contributed by atoms with Crippen LogP contribution >= 0.6 is 0 Å². The van der Waals surface area contributed by atoms with Gasteiger partial charge in [0.05, 0.1) is 12.7 Å². The van der Waals surface area contributed by atoms with E-state index < -0.39 is 0 Å². The van der Waals surface area contributed by atoms with E-state index in [1.165, 1.54) is 0 Å². The highest BCUT2D eigenvalue weighted by atomic mass is 16.5. The Morgan fingerprint density at radius 3 is 3.00 bits per heavy atom. The first kappa shape index (κ1) is 13.9. The van der Waals surface area contributed by atoms with Crippen LogP contribution in [0.4, 0.5) is 0 Å². The van der Waals surface area contributed by atoms with E-state index in [1.807, 2.05) is 19.1 Å². The maximum Gasteiger partial charge on any atom is 0.251 e. The number of hydrogen-bond donors (Lipinski definition) is 2. The van der Waals surface area contributed by atoms with Gasteiger partial charge in [-0.05, 0) is 43.0 Å². The number of rotatable bonds is 5. The Morgan fingerprint density at radius 2 is 2.26 bits per heavy atom. The Balaban J connectivity index is 1.90. The molecule has 104 valence electrons. The monoisotopic (exact) mass is 263 g/mol. The van der Waals surface area contributed by atoms with Crippen molar-refractivity contribution in [3.8, 4) is 5.75 Å². The van der Waals surface area contributed by atoms with Gasteiger partial charge in [0.2, 0.25) is 0 Å². The highest BCUT2D eigenvalue weighted by Crippen LogP contribution is 2.25. The van der Waals surface area contributed by atoms with Crippen LogP contribution in [-0.2, 0) is 6.42 Å². The van der Waals surface area contributed by atoms with Gasteiger partial charge in [-0.25, -0.2) is 0 Å². The smallest absolute Gasteiger partial charge is 0.251 e. The Bertz CT molecular complexity index is 457. The molecule has 0 saturated carbocycles. The zero-order chi connectivity index (χ0) is 13.8. The Kier molecular flexibility index (Phi) is 4.43. The molecule has 1 aliphatic heterocycles. The molecule has 2 rings (SSSR count). The van der Waals surface area contributed by atoms with Gasteiger partial charge in [-0.2, -0.15) is 0 Å². The van der Waals surface area contributed by atoms with Crippen LogP contribution in [0.1, 0.15) is 36.2 Å². The fourth-order valence-corrected chi connectivity index (χ4v) is 2.36. The van der Waals surface area contributed by atoms with Crippen LogP contribution in [0.15, 0.2) is 18.2 Å². The van der Waals surface area contributed by atoms with Gasteiger partial charge in [-0.15, -0.1) is 0 Å². The minimum absolute atomic E-state index is 0.0628. The lowest BCUT2D eigenvalue weighted by molar-refractivity contribution is 0.0939. The van der Waals surface area contributed by atoms with Crippen LogP contribution in [0, 0.1) is 5.92 Å². The fourth-order valence-electron chi connectivity index (χ4n) is 2.36. The minimum atomic E-state index is -0.330. The SMILES string of the molecule is CC(O)CC(C)CNC(=O)c1ccc2c(c1)CCO2. The fraction of sp³-hybridized carbons (Fsp3) is 0.533. The van der Waals surface area contributed by atoms with E-state index in [1.54, 1.807) is 13.0 Å². The zero-order valence-electron chi connectivity index (χ0n) is 11.5. The molecule has 0 radical (unpaired) electrons. The number of aliphatic hydroxyl groups is 1. The van der Waals surface area contributed by atoms with Crippen LogP contribution in [-0.4, -0.2) is 30.3 Å². The topological polar surface area (TPSA) is 58.6 Å². The number of carbonyl (C=O) groups excluding carboxylic acids is 1. The normalized spacial score (nSPS) is 16.4. The summed E-state index contributed by atoms with van der Waals surface area (Å²) in [6.45, 7) is 5.06. The number of aliphatic hydroxyl groups excluding tert-OH is 1. The summed E-state index contributed by atoms with van der Waals surface area (Å²) in [6.07, 6.45) is 1.23. The van der Waals surface area contributed by atoms with E-state index in [2.05, 4.69) is 5.32 Å². The molecular formula is C15H21NO3. The molecule has 2 N–H and O–H groups in total. The zero-order valence-corrected chi connectivity index (χ0v) is 11.5. The molecule has 1 heterocycles. The molecule has 4 nitrogen and oxygen atoms in total. The molecule has 0 aromatic heterocycles. The standard InChI is InChI=1S/C15H21NO3/c1-10(7-11(2)17)9-16-15(18)13-3-4-14-12(8-13)5-6-19-14/h3-4,8,10-11,17H,5-7,9H2,1-2H3,(H,16,18). The lowest BCUT2D eigenvalue weighted by Crippen LogP contribution is -2.29. The molecule has 0 aliphatic carbocycles. The molecule has 1 aromatic rings. The number of ether oxygens (including phenoxy) is 1. The summed E-state index contributed by atoms with van der Waals surface area (Å²) < 4.78 is 5.42. The molecule has 0 bridgehead atoms. The second-order valence-corrected chi connectivity index (χ2v) is 5.32. The first-order valence-corrected chi connectivity index (χ1v) is 6.78. The molecule has 1 aromatic carbocycles. The highest BCUT2D eigenvalue weighted by molar-refractivity contribution is 5.94. The molecule has 1 amide bonds. The molecule has 2 unspecified atom stereocenters. The Hall–Kier alpha value is -1.55. The highest BCUT2D eigenvalue weighted by Gasteiger charge is 2.15. The van der Waals surface area contributed by atoms with Gasteiger partial charge in [0.25, 0.3) is 5.91 Å². The van der Waals surface area contributed by atoms with E-state index in [0.29, 0.717) is 25.1 Å². The van der Waals surface area contributed by atoms with Gasteiger partial charge in [-0.3, -0.25) is 4.79 Å². The van der Waals surface area contributed by atoms with Crippen molar-refractivity contribution in [2.24, 2.45) is 5.92 Å². The van der Waals surface area contributed by atoms with Crippen LogP contribution < -0.4 is 10.1 Å². The third-order valence-electron chi connectivity index (χ3n) is 3.31. The van der Waals surface area contributed by atoms with E-state index in [0.717, 1.165) is 17.7 Å². The van der Waals surface area contributed by atoms with E-state index in [4.69, 9.17) is 4.74 Å². The summed E-state index contributed by atoms with van der Waals surface area (Å²) in [5.74, 6) is 1.09. The average molecular weight is 263 g/mol. The van der Waals surface area contributed by atoms with Gasteiger partial charge >= 0.3 is 0 Å². The molecule has 4 heteroatoms. The van der Waals surface area contributed by atoms with E-state index in [9.17, 15) is 9.90 Å². The summed E-state index contributed by atoms with van der Waals surface area (Å²) in [5, 5.41) is 12.2. The summed E-state index contributed by atoms with van der Waals surface area (Å²) in [7, 11) is 0. The Morgan fingerprint density at radius 1 is 1.47 bits per heavy atom. The van der Waals surface area contributed by atoms with Crippen LogP contribution in [0.25, 0.3) is 0 Å². The summed E-state index contributed by atoms with van der Waals surface area (Å²) in [4.78, 5) is 12.0. The summed E-state index contributed by atoms with van der Waals surface area (Å²) in [5.41, 5.74) is 1.78. The molecule has 0 spiro atoms. The maximum absolute atomic E-state index is 12.0. The number of amides is 1. The van der Waals surface area contributed by atoms with Gasteiger partial charge in [0.15, 0.2) is 0 Å². The van der Waals surface area contributed by atoms with Gasteiger partial charge < -0.3 is 15.2 Å². The van der Waals surface area contributed by atoms with Crippen molar-refractivity contribution in [3.63, 3.8) is 0 Å². The molecule has 19 heavy (non-hydrogen) atoms. The van der Waals surface area contributed by atoms with Crippen molar-refractivity contribution in [2.75, 3.05) is 13.2 Å². The number of nitrogens with one attached hydrogen (secondary N) is 1. The van der Waals surface area contributed by atoms with Crippen molar-refractivity contribution >= 4 is 5.91 Å². The van der Waals surface area contributed by atoms with Gasteiger partial charge in [0.1, 0.15) is 5.75 Å².